The highest BCUT2D eigenvalue weighted by atomic mass is 32.1. The Morgan fingerprint density at radius 3 is 2.53 bits per heavy atom. The van der Waals surface area contributed by atoms with Crippen LogP contribution in [0.2, 0.25) is 0 Å². The summed E-state index contributed by atoms with van der Waals surface area (Å²) in [4.78, 5) is 43.0. The van der Waals surface area contributed by atoms with Crippen molar-refractivity contribution in [2.45, 2.75) is 37.4 Å². The van der Waals surface area contributed by atoms with E-state index in [1.807, 2.05) is 48.2 Å². The number of ether oxygens (including phenoxy) is 2. The third-order valence-corrected chi connectivity index (χ3v) is 10.4. The number of hydrogen-bond acceptors (Lipinski definition) is 9. The predicted octanol–water partition coefficient (Wildman–Crippen LogP) is 3.74. The smallest absolute Gasteiger partial charge is 0.262 e. The Labute approximate surface area is 264 Å². The molecule has 1 aliphatic carbocycles. The summed E-state index contributed by atoms with van der Waals surface area (Å²) in [6.07, 6.45) is 1.52. The number of amides is 2. The maximum absolute atomic E-state index is 14.2. The average Bonchev–Trinajstić information content (AvgIpc) is 3.41. The topological polar surface area (TPSA) is 163 Å². The van der Waals surface area contributed by atoms with E-state index in [9.17, 15) is 14.4 Å². The zero-order chi connectivity index (χ0) is 31.5. The SMILES string of the molecule is Cc1cc(Oc2ccccc2)ccc1C1(N)C(=O)C(N)c2c(C(=O)NC3CCCN(C(=O)C4COC4)C3)sc3c(N)ccc1c23. The molecule has 2 aliphatic heterocycles. The van der Waals surface area contributed by atoms with Crippen molar-refractivity contribution in [2.24, 2.45) is 17.4 Å². The number of hydrogen-bond donors (Lipinski definition) is 4. The number of carbonyl (C=O) groups is 3. The molecule has 7 rings (SSSR count). The van der Waals surface area contributed by atoms with Crippen molar-refractivity contribution in [3.05, 3.63) is 87.8 Å². The molecule has 4 aromatic rings. The molecule has 0 radical (unpaired) electrons. The minimum atomic E-state index is -1.57. The molecule has 0 spiro atoms. The minimum absolute atomic E-state index is 0.0661. The highest BCUT2D eigenvalue weighted by molar-refractivity contribution is 7.21. The van der Waals surface area contributed by atoms with Crippen LogP contribution in [0.3, 0.4) is 0 Å². The number of thiophene rings is 1. The Balaban J connectivity index is 1.23. The fourth-order valence-corrected chi connectivity index (χ4v) is 7.98. The number of piperidine rings is 1. The predicted molar refractivity (Wildman–Crippen MR) is 172 cm³/mol. The minimum Gasteiger partial charge on any atom is -0.457 e. The van der Waals surface area contributed by atoms with E-state index in [0.29, 0.717) is 75.1 Å². The lowest BCUT2D eigenvalue weighted by molar-refractivity contribution is -0.151. The van der Waals surface area contributed by atoms with Crippen molar-refractivity contribution in [1.82, 2.24) is 10.2 Å². The van der Waals surface area contributed by atoms with Crippen LogP contribution >= 0.6 is 11.3 Å². The quantitative estimate of drug-likeness (QED) is 0.236. The van der Waals surface area contributed by atoms with Gasteiger partial charge in [0.05, 0.1) is 34.8 Å². The van der Waals surface area contributed by atoms with Crippen molar-refractivity contribution in [3.8, 4) is 11.5 Å². The van der Waals surface area contributed by atoms with Gasteiger partial charge in [0.2, 0.25) is 5.91 Å². The summed E-state index contributed by atoms with van der Waals surface area (Å²) in [5.74, 6) is 0.512. The molecule has 7 N–H and O–H groups in total. The van der Waals surface area contributed by atoms with E-state index in [1.54, 1.807) is 24.3 Å². The molecule has 2 saturated heterocycles. The summed E-state index contributed by atoms with van der Waals surface area (Å²) in [7, 11) is 0. The Kier molecular flexibility index (Phi) is 7.36. The third-order valence-electron chi connectivity index (χ3n) is 9.18. The van der Waals surface area contributed by atoms with Crippen LogP contribution in [0, 0.1) is 12.8 Å². The fraction of sp³-hybridized carbons (Fsp3) is 0.324. The number of Topliss-reactive ketones (excluding diaryl/α,β-unsaturated/α-hetero) is 1. The summed E-state index contributed by atoms with van der Waals surface area (Å²) in [6.45, 7) is 3.86. The molecular weight excluding hydrogens is 590 g/mol. The van der Waals surface area contributed by atoms with Gasteiger partial charge in [-0.1, -0.05) is 30.3 Å². The van der Waals surface area contributed by atoms with Crippen LogP contribution in [-0.2, 0) is 19.9 Å². The number of nitrogens with two attached hydrogens (primary N) is 3. The highest BCUT2D eigenvalue weighted by Crippen LogP contribution is 2.50. The molecule has 2 fully saturated rings. The molecule has 11 heteroatoms. The number of nitrogens with zero attached hydrogens (tertiary/aromatic N) is 1. The van der Waals surface area contributed by atoms with Gasteiger partial charge in [0.15, 0.2) is 5.78 Å². The van der Waals surface area contributed by atoms with E-state index in [1.165, 1.54) is 11.3 Å². The Morgan fingerprint density at radius 2 is 1.82 bits per heavy atom. The lowest BCUT2D eigenvalue weighted by atomic mass is 9.69. The van der Waals surface area contributed by atoms with E-state index < -0.39 is 17.4 Å². The van der Waals surface area contributed by atoms with Crippen LogP contribution in [0.4, 0.5) is 5.69 Å². The number of benzene rings is 3. The molecule has 3 heterocycles. The summed E-state index contributed by atoms with van der Waals surface area (Å²) in [5.41, 5.74) is 21.5. The fourth-order valence-electron chi connectivity index (χ4n) is 6.78. The molecule has 3 unspecified atom stereocenters. The summed E-state index contributed by atoms with van der Waals surface area (Å²) in [6, 6.07) is 17.0. The Hall–Kier alpha value is -4.29. The second kappa shape index (κ2) is 11.3. The van der Waals surface area contributed by atoms with Crippen LogP contribution in [0.25, 0.3) is 10.1 Å². The number of aryl methyl sites for hydroxylation is 1. The lowest BCUT2D eigenvalue weighted by Crippen LogP contribution is -2.54. The number of likely N-dealkylation sites (tertiary alicyclic amines) is 1. The van der Waals surface area contributed by atoms with Gasteiger partial charge in [-0.2, -0.15) is 0 Å². The summed E-state index contributed by atoms with van der Waals surface area (Å²) < 4.78 is 11.9. The number of para-hydroxylation sites is 1. The van der Waals surface area contributed by atoms with Gasteiger partial charge in [-0.25, -0.2) is 0 Å². The lowest BCUT2D eigenvalue weighted by Gasteiger charge is -2.38. The average molecular weight is 626 g/mol. The first-order chi connectivity index (χ1) is 21.7. The normalized spacial score (nSPS) is 23.1. The Morgan fingerprint density at radius 1 is 1.07 bits per heavy atom. The standard InChI is InChI=1S/C34H35N5O5S/c1-18-14-22(44-21-7-3-2-4-8-21)9-10-23(18)34(37)24-11-12-25(35)29-26(24)27(28(36)31(34)40)30(45-29)32(41)38-20-6-5-13-39(15-20)33(42)19-16-43-17-19/h2-4,7-12,14,19-20,28H,5-6,13,15-17,35-37H2,1H3,(H,38,41). The van der Waals surface area contributed by atoms with Crippen LogP contribution in [0.5, 0.6) is 11.5 Å². The van der Waals surface area contributed by atoms with E-state index in [0.717, 1.165) is 18.4 Å². The first-order valence-electron chi connectivity index (χ1n) is 15.1. The first-order valence-corrected chi connectivity index (χ1v) is 15.9. The molecule has 2 amide bonds. The molecule has 45 heavy (non-hydrogen) atoms. The monoisotopic (exact) mass is 625 g/mol. The van der Waals surface area contributed by atoms with Crippen molar-refractivity contribution in [1.29, 1.82) is 0 Å². The number of ketones is 1. The van der Waals surface area contributed by atoms with Gasteiger partial charge in [0, 0.05) is 35.8 Å². The van der Waals surface area contributed by atoms with Crippen LogP contribution in [-0.4, -0.2) is 54.8 Å². The molecule has 1 aromatic heterocycles. The van der Waals surface area contributed by atoms with Gasteiger partial charge in [0.1, 0.15) is 17.0 Å². The highest BCUT2D eigenvalue weighted by Gasteiger charge is 2.49. The van der Waals surface area contributed by atoms with Crippen molar-refractivity contribution in [2.75, 3.05) is 32.0 Å². The summed E-state index contributed by atoms with van der Waals surface area (Å²) in [5, 5.41) is 3.76. The van der Waals surface area contributed by atoms with Crippen LogP contribution in [0.15, 0.2) is 60.7 Å². The van der Waals surface area contributed by atoms with Gasteiger partial charge < -0.3 is 36.9 Å². The molecular formula is C34H35N5O5S. The van der Waals surface area contributed by atoms with E-state index in [-0.39, 0.29) is 23.8 Å². The van der Waals surface area contributed by atoms with Crippen LogP contribution in [0.1, 0.15) is 50.8 Å². The van der Waals surface area contributed by atoms with Gasteiger partial charge in [0.25, 0.3) is 5.91 Å². The van der Waals surface area contributed by atoms with Gasteiger partial charge in [-0.3, -0.25) is 14.4 Å². The zero-order valence-corrected chi connectivity index (χ0v) is 25.7. The molecule has 0 bridgehead atoms. The molecule has 0 saturated carbocycles. The van der Waals surface area contributed by atoms with Crippen molar-refractivity contribution < 1.29 is 23.9 Å². The second-order valence-electron chi connectivity index (χ2n) is 12.1. The molecule has 3 aromatic carbocycles. The van der Waals surface area contributed by atoms with E-state index in [4.69, 9.17) is 26.7 Å². The number of anilines is 1. The number of nitrogens with one attached hydrogen (secondary N) is 1. The number of rotatable bonds is 6. The van der Waals surface area contributed by atoms with Gasteiger partial charge in [-0.05, 0) is 66.8 Å². The molecule has 232 valence electrons. The largest absolute Gasteiger partial charge is 0.457 e. The maximum atomic E-state index is 14.2. The number of nitrogen functional groups attached to an aromatic ring is 1. The molecule has 10 nitrogen and oxygen atoms in total. The molecule has 3 aliphatic rings. The van der Waals surface area contributed by atoms with E-state index in [2.05, 4.69) is 5.32 Å². The van der Waals surface area contributed by atoms with E-state index >= 15 is 0 Å². The maximum Gasteiger partial charge on any atom is 0.262 e. The van der Waals surface area contributed by atoms with Gasteiger partial charge in [-0.15, -0.1) is 11.3 Å². The third kappa shape index (κ3) is 4.87. The summed E-state index contributed by atoms with van der Waals surface area (Å²) >= 11 is 1.22. The second-order valence-corrected chi connectivity index (χ2v) is 13.1. The first kappa shape index (κ1) is 29.4. The van der Waals surface area contributed by atoms with Gasteiger partial charge >= 0.3 is 0 Å². The van der Waals surface area contributed by atoms with Crippen molar-refractivity contribution in [3.63, 3.8) is 0 Å². The Bertz CT molecular complexity index is 1840. The van der Waals surface area contributed by atoms with Crippen molar-refractivity contribution >= 4 is 44.7 Å². The van der Waals surface area contributed by atoms with Crippen LogP contribution < -0.4 is 27.3 Å². The zero-order valence-electron chi connectivity index (χ0n) is 24.9. The molecule has 3 atom stereocenters. The number of carbonyl (C=O) groups excluding carboxylic acids is 3.